The average Bonchev–Trinajstić information content (AvgIpc) is 3.10. The molecule has 6 heteroatoms. The molecule has 0 aliphatic heterocycles. The van der Waals surface area contributed by atoms with Crippen molar-refractivity contribution in [1.29, 1.82) is 0 Å². The van der Waals surface area contributed by atoms with Crippen molar-refractivity contribution in [1.82, 2.24) is 18.8 Å². The molecular weight excluding hydrogens is 392 g/mol. The fourth-order valence-corrected chi connectivity index (χ4v) is 3.36. The predicted molar refractivity (Wildman–Crippen MR) is 130 cm³/mol. The van der Waals surface area contributed by atoms with E-state index in [0.717, 1.165) is 36.6 Å². The lowest BCUT2D eigenvalue weighted by molar-refractivity contribution is 0.188. The van der Waals surface area contributed by atoms with Gasteiger partial charge >= 0.3 is 0 Å². The minimum atomic E-state index is 0.739. The molecule has 0 saturated heterocycles. The lowest BCUT2D eigenvalue weighted by Gasteiger charge is -2.15. The molecule has 5 nitrogen and oxygen atoms in total. The maximum atomic E-state index is 5.11. The molecule has 0 aliphatic carbocycles. The van der Waals surface area contributed by atoms with Crippen LogP contribution in [-0.4, -0.2) is 46.1 Å². The maximum absolute atomic E-state index is 5.11. The van der Waals surface area contributed by atoms with E-state index in [1.807, 2.05) is 33.0 Å². The van der Waals surface area contributed by atoms with Crippen LogP contribution in [-0.2, 0) is 11.3 Å². The fraction of sp³-hybridized carbons (Fsp3) is 0.500. The summed E-state index contributed by atoms with van der Waals surface area (Å²) in [7, 11) is 3.80. The van der Waals surface area contributed by atoms with Crippen LogP contribution in [0.3, 0.4) is 0 Å². The highest BCUT2D eigenvalue weighted by atomic mass is 32.2. The molecule has 2 aromatic heterocycles. The molecule has 0 aliphatic rings. The van der Waals surface area contributed by atoms with Crippen LogP contribution in [0.15, 0.2) is 47.6 Å². The molecule has 0 radical (unpaired) electrons. The molecule has 0 fully saturated rings. The van der Waals surface area contributed by atoms with Crippen molar-refractivity contribution in [3.8, 4) is 0 Å². The third-order valence-electron chi connectivity index (χ3n) is 4.38. The summed E-state index contributed by atoms with van der Waals surface area (Å²) in [5, 5.41) is 0. The first-order chi connectivity index (χ1) is 14.6. The van der Waals surface area contributed by atoms with Crippen LogP contribution in [0.1, 0.15) is 51.9 Å². The van der Waals surface area contributed by atoms with Crippen LogP contribution in [0.5, 0.6) is 0 Å². The minimum absolute atomic E-state index is 0.739. The van der Waals surface area contributed by atoms with Crippen molar-refractivity contribution in [3.63, 3.8) is 0 Å². The highest BCUT2D eigenvalue weighted by molar-refractivity contribution is 7.97. The van der Waals surface area contributed by atoms with Crippen LogP contribution in [0.2, 0.25) is 0 Å². The lowest BCUT2D eigenvalue weighted by Crippen LogP contribution is -2.14. The Morgan fingerprint density at radius 2 is 1.73 bits per heavy atom. The Balaban J connectivity index is 0.000000673. The zero-order chi connectivity index (χ0) is 22.4. The van der Waals surface area contributed by atoms with Gasteiger partial charge in [-0.3, -0.25) is 4.98 Å². The van der Waals surface area contributed by atoms with Crippen molar-refractivity contribution in [3.05, 3.63) is 54.1 Å². The molecule has 1 aromatic carbocycles. The molecule has 2 heterocycles. The average molecular weight is 431 g/mol. The van der Waals surface area contributed by atoms with E-state index < -0.39 is 0 Å². The first-order valence-electron chi connectivity index (χ1n) is 10.8. The number of aryl methyl sites for hydroxylation is 1. The van der Waals surface area contributed by atoms with Crippen LogP contribution in [0.25, 0.3) is 11.0 Å². The monoisotopic (exact) mass is 430 g/mol. The summed E-state index contributed by atoms with van der Waals surface area (Å²) in [6.07, 6.45) is 6.30. The van der Waals surface area contributed by atoms with Crippen LogP contribution in [0.4, 0.5) is 0 Å². The Kier molecular flexibility index (Phi) is 13.1. The smallest absolute Gasteiger partial charge is 0.107 e. The van der Waals surface area contributed by atoms with Gasteiger partial charge in [-0.15, -0.1) is 0 Å². The van der Waals surface area contributed by atoms with E-state index in [2.05, 4.69) is 64.0 Å². The van der Waals surface area contributed by atoms with Crippen molar-refractivity contribution in [2.75, 3.05) is 27.3 Å². The van der Waals surface area contributed by atoms with Gasteiger partial charge in [0.15, 0.2) is 0 Å². The first-order valence-corrected chi connectivity index (χ1v) is 11.6. The van der Waals surface area contributed by atoms with E-state index in [4.69, 9.17) is 4.74 Å². The number of imidazole rings is 1. The number of likely N-dealkylation sites (N-methyl/N-ethyl adjacent to an activating group) is 1. The van der Waals surface area contributed by atoms with E-state index in [1.165, 1.54) is 23.3 Å². The second-order valence-electron chi connectivity index (χ2n) is 6.69. The number of ether oxygens (including phenoxy) is 1. The van der Waals surface area contributed by atoms with Gasteiger partial charge in [0.25, 0.3) is 0 Å². The molecule has 0 amide bonds. The second kappa shape index (κ2) is 15.0. The molecular formula is C24H38N4OS. The zero-order valence-corrected chi connectivity index (χ0v) is 20.5. The summed E-state index contributed by atoms with van der Waals surface area (Å²) >= 11 is 1.73. The van der Waals surface area contributed by atoms with E-state index in [-0.39, 0.29) is 0 Å². The summed E-state index contributed by atoms with van der Waals surface area (Å²) in [6.45, 7) is 12.8. The van der Waals surface area contributed by atoms with Gasteiger partial charge in [0, 0.05) is 31.3 Å². The topological polar surface area (TPSA) is 43.2 Å². The number of fused-ring (bicyclic) bond motifs is 1. The number of pyridine rings is 1. The number of hydrogen-bond donors (Lipinski definition) is 0. The van der Waals surface area contributed by atoms with Gasteiger partial charge in [0.05, 0.1) is 23.8 Å². The Morgan fingerprint density at radius 1 is 1.07 bits per heavy atom. The van der Waals surface area contributed by atoms with Crippen LogP contribution in [0, 0.1) is 6.92 Å². The fourth-order valence-electron chi connectivity index (χ4n) is 2.57. The Labute approximate surface area is 187 Å². The molecule has 166 valence electrons. The normalized spacial score (nSPS) is 10.4. The van der Waals surface area contributed by atoms with Gasteiger partial charge in [0.1, 0.15) is 5.82 Å². The molecule has 0 N–H and O–H groups in total. The Bertz CT molecular complexity index is 831. The zero-order valence-electron chi connectivity index (χ0n) is 19.7. The van der Waals surface area contributed by atoms with Gasteiger partial charge in [-0.2, -0.15) is 0 Å². The molecule has 0 bridgehead atoms. The van der Waals surface area contributed by atoms with E-state index >= 15 is 0 Å². The quantitative estimate of drug-likeness (QED) is 0.398. The number of nitrogens with zero attached hydrogens (tertiary/aromatic N) is 4. The molecule has 0 saturated carbocycles. The summed E-state index contributed by atoms with van der Waals surface area (Å²) in [5.41, 5.74) is 3.33. The number of unbranched alkanes of at least 4 members (excludes halogenated alkanes) is 1. The van der Waals surface area contributed by atoms with Gasteiger partial charge in [0.2, 0.25) is 0 Å². The summed E-state index contributed by atoms with van der Waals surface area (Å²) in [5.74, 6) is 1.01. The number of rotatable bonds is 8. The lowest BCUT2D eigenvalue weighted by atomic mass is 10.2. The van der Waals surface area contributed by atoms with Crippen molar-refractivity contribution < 1.29 is 4.74 Å². The summed E-state index contributed by atoms with van der Waals surface area (Å²) < 4.78 is 9.49. The Hall–Kier alpha value is -1.89. The predicted octanol–water partition coefficient (Wildman–Crippen LogP) is 6.21. The molecule has 3 aromatic rings. The van der Waals surface area contributed by atoms with E-state index in [0.29, 0.717) is 0 Å². The van der Waals surface area contributed by atoms with E-state index in [1.54, 1.807) is 25.3 Å². The van der Waals surface area contributed by atoms with Crippen LogP contribution < -0.4 is 0 Å². The Morgan fingerprint density at radius 3 is 2.33 bits per heavy atom. The molecule has 30 heavy (non-hydrogen) atoms. The second-order valence-corrected chi connectivity index (χ2v) is 7.97. The third kappa shape index (κ3) is 8.46. The van der Waals surface area contributed by atoms with Gasteiger partial charge in [-0.25, -0.2) is 9.29 Å². The SMILES string of the molecule is CC.CCCC.COCCN(C)Sc1ccc(Cn2c(C)nc3ccncc32)cc1. The number of aromatic nitrogens is 3. The third-order valence-corrected chi connectivity index (χ3v) is 5.35. The largest absolute Gasteiger partial charge is 0.383 e. The maximum Gasteiger partial charge on any atom is 0.107 e. The number of benzene rings is 1. The van der Waals surface area contributed by atoms with Gasteiger partial charge < -0.3 is 9.30 Å². The van der Waals surface area contributed by atoms with Crippen molar-refractivity contribution in [2.45, 2.75) is 58.9 Å². The number of methoxy groups -OCH3 is 1. The van der Waals surface area contributed by atoms with Crippen molar-refractivity contribution >= 4 is 23.0 Å². The van der Waals surface area contributed by atoms with Gasteiger partial charge in [-0.05, 0) is 49.7 Å². The molecule has 3 rings (SSSR count). The van der Waals surface area contributed by atoms with E-state index in [9.17, 15) is 0 Å². The summed E-state index contributed by atoms with van der Waals surface area (Å²) in [4.78, 5) is 10.0. The number of hydrogen-bond acceptors (Lipinski definition) is 5. The molecule has 0 spiro atoms. The molecule has 0 unspecified atom stereocenters. The molecule has 0 atom stereocenters. The van der Waals surface area contributed by atoms with Gasteiger partial charge in [-0.1, -0.05) is 52.7 Å². The summed E-state index contributed by atoms with van der Waals surface area (Å²) in [6, 6.07) is 10.6. The van der Waals surface area contributed by atoms with Crippen molar-refractivity contribution in [2.24, 2.45) is 0 Å². The highest BCUT2D eigenvalue weighted by Gasteiger charge is 2.08. The standard InChI is InChI=1S/C18H22N4OS.C4H10.C2H6/c1-14-20-17-8-9-19-12-18(17)22(14)13-15-4-6-16(7-5-15)24-21(2)10-11-23-3;1-3-4-2;1-2/h4-9,12H,10-11,13H2,1-3H3;3-4H2,1-2H3;1-2H3. The van der Waals surface area contributed by atoms with Crippen LogP contribution >= 0.6 is 11.9 Å². The highest BCUT2D eigenvalue weighted by Crippen LogP contribution is 2.22. The minimum Gasteiger partial charge on any atom is -0.383 e. The first kappa shape index (κ1) is 26.1.